The Morgan fingerprint density at radius 2 is 2.12 bits per heavy atom. The second-order valence-electron chi connectivity index (χ2n) is 3.63. The lowest BCUT2D eigenvalue weighted by Crippen LogP contribution is -2.00. The number of hydrogen-bond donors (Lipinski definition) is 0. The number of fused-ring (bicyclic) bond motifs is 1. The molecule has 2 nitrogen and oxygen atoms in total. The number of nitriles is 1. The van der Waals surface area contributed by atoms with Gasteiger partial charge in [0, 0.05) is 0 Å². The highest BCUT2D eigenvalue weighted by molar-refractivity contribution is 5.72. The maximum Gasteiger partial charge on any atom is 0.119 e. The van der Waals surface area contributed by atoms with Gasteiger partial charge in [-0.2, -0.15) is 5.26 Å². The number of hydrogen-bond acceptors (Lipinski definition) is 2. The predicted octanol–water partition coefficient (Wildman–Crippen LogP) is 3.96. The Morgan fingerprint density at radius 3 is 2.76 bits per heavy atom. The zero-order valence-electron chi connectivity index (χ0n) is 10.8. The fraction of sp³-hybridized carbons (Fsp3) is 0.400. The van der Waals surface area contributed by atoms with Crippen LogP contribution in [0.3, 0.4) is 0 Å². The van der Waals surface area contributed by atoms with Gasteiger partial charge in [-0.25, -0.2) is 0 Å². The van der Waals surface area contributed by atoms with Gasteiger partial charge in [0.2, 0.25) is 0 Å². The molecule has 0 amide bonds. The molecule has 90 valence electrons. The summed E-state index contributed by atoms with van der Waals surface area (Å²) in [4.78, 5) is 0. The molecule has 2 rings (SSSR count). The Hall–Kier alpha value is -1.75. The van der Waals surface area contributed by atoms with Gasteiger partial charge in [0.15, 0.2) is 0 Å². The molecular weight excluding hydrogens is 210 g/mol. The van der Waals surface area contributed by atoms with Crippen molar-refractivity contribution in [3.8, 4) is 11.8 Å². The van der Waals surface area contributed by atoms with Crippen LogP contribution in [0.25, 0.3) is 5.57 Å². The van der Waals surface area contributed by atoms with E-state index in [-0.39, 0.29) is 0 Å². The molecule has 17 heavy (non-hydrogen) atoms. The van der Waals surface area contributed by atoms with Crippen LogP contribution in [0, 0.1) is 11.3 Å². The third kappa shape index (κ3) is 3.10. The lowest BCUT2D eigenvalue weighted by Gasteiger charge is -2.16. The number of rotatable bonds is 2. The van der Waals surface area contributed by atoms with Gasteiger partial charge in [0.25, 0.3) is 0 Å². The summed E-state index contributed by atoms with van der Waals surface area (Å²) in [5.41, 5.74) is 3.64. The van der Waals surface area contributed by atoms with Gasteiger partial charge >= 0.3 is 0 Å². The topological polar surface area (TPSA) is 33.0 Å². The number of nitrogens with zero attached hydrogens (tertiary/aromatic N) is 1. The van der Waals surface area contributed by atoms with Gasteiger partial charge in [-0.1, -0.05) is 26.0 Å². The number of allylic oxidation sites excluding steroid dienone is 2. The monoisotopic (exact) mass is 229 g/mol. The number of benzene rings is 1. The van der Waals surface area contributed by atoms with Crippen molar-refractivity contribution in [2.24, 2.45) is 0 Å². The maximum absolute atomic E-state index is 8.75. The van der Waals surface area contributed by atoms with Crippen LogP contribution in [0.4, 0.5) is 0 Å². The van der Waals surface area contributed by atoms with E-state index in [0.717, 1.165) is 24.2 Å². The minimum absolute atomic E-state index is 0.486. The van der Waals surface area contributed by atoms with Crippen LogP contribution in [-0.2, 0) is 6.42 Å². The van der Waals surface area contributed by atoms with Gasteiger partial charge < -0.3 is 4.74 Å². The van der Waals surface area contributed by atoms with Crippen molar-refractivity contribution in [1.29, 1.82) is 5.26 Å². The zero-order valence-corrected chi connectivity index (χ0v) is 10.8. The molecule has 0 atom stereocenters. The van der Waals surface area contributed by atoms with Crippen molar-refractivity contribution in [3.05, 3.63) is 35.4 Å². The Balaban J connectivity index is 0.000000686. The van der Waals surface area contributed by atoms with Crippen LogP contribution in [0.2, 0.25) is 0 Å². The normalized spacial score (nSPS) is 12.5. The molecule has 0 unspecified atom stereocenters. The first-order valence-corrected chi connectivity index (χ1v) is 6.08. The van der Waals surface area contributed by atoms with Crippen molar-refractivity contribution in [2.45, 2.75) is 33.1 Å². The molecule has 0 aromatic heterocycles. The van der Waals surface area contributed by atoms with Crippen molar-refractivity contribution in [3.63, 3.8) is 0 Å². The van der Waals surface area contributed by atoms with Gasteiger partial charge in [0.05, 0.1) is 19.6 Å². The van der Waals surface area contributed by atoms with Crippen molar-refractivity contribution in [1.82, 2.24) is 0 Å². The lowest BCUT2D eigenvalue weighted by atomic mass is 9.89. The highest BCUT2D eigenvalue weighted by Crippen LogP contribution is 2.31. The van der Waals surface area contributed by atoms with Crippen LogP contribution in [-0.4, -0.2) is 7.11 Å². The molecule has 0 radical (unpaired) electrons. The summed E-state index contributed by atoms with van der Waals surface area (Å²) >= 11 is 0. The average Bonchev–Trinajstić information content (AvgIpc) is 2.41. The third-order valence-corrected chi connectivity index (χ3v) is 2.74. The van der Waals surface area contributed by atoms with Crippen molar-refractivity contribution < 1.29 is 4.74 Å². The smallest absolute Gasteiger partial charge is 0.119 e. The van der Waals surface area contributed by atoms with E-state index in [0.29, 0.717) is 6.42 Å². The quantitative estimate of drug-likeness (QED) is 0.768. The zero-order chi connectivity index (χ0) is 12.7. The first kappa shape index (κ1) is 13.3. The van der Waals surface area contributed by atoms with E-state index in [2.05, 4.69) is 18.2 Å². The van der Waals surface area contributed by atoms with E-state index in [4.69, 9.17) is 10.00 Å². The molecule has 0 N–H and O–H groups in total. The number of aryl methyl sites for hydroxylation is 1. The van der Waals surface area contributed by atoms with Crippen LogP contribution in [0.15, 0.2) is 24.3 Å². The second-order valence-corrected chi connectivity index (χ2v) is 3.63. The minimum Gasteiger partial charge on any atom is -0.497 e. The second kappa shape index (κ2) is 6.75. The first-order chi connectivity index (χ1) is 8.35. The first-order valence-electron chi connectivity index (χ1n) is 6.08. The Bertz CT molecular complexity index is 441. The molecule has 0 bridgehead atoms. The fourth-order valence-corrected chi connectivity index (χ4v) is 1.96. The van der Waals surface area contributed by atoms with Gasteiger partial charge in [-0.05, 0) is 41.7 Å². The standard InChI is InChI=1S/C13H13NO.C2H6/c1-15-12-6-5-10-3-2-4-11(7-8-14)13(10)9-12;1-2/h4-6,9H,2-3,7H2,1H3;1-2H3. The van der Waals surface area contributed by atoms with E-state index >= 15 is 0 Å². The summed E-state index contributed by atoms with van der Waals surface area (Å²) in [6.45, 7) is 4.00. The molecule has 0 heterocycles. The largest absolute Gasteiger partial charge is 0.497 e. The molecule has 1 aliphatic carbocycles. The summed E-state index contributed by atoms with van der Waals surface area (Å²) in [6, 6.07) is 8.31. The molecule has 1 aliphatic rings. The van der Waals surface area contributed by atoms with Crippen molar-refractivity contribution in [2.75, 3.05) is 7.11 Å². The molecule has 0 saturated carbocycles. The van der Waals surface area contributed by atoms with Crippen LogP contribution in [0.1, 0.15) is 37.8 Å². The van der Waals surface area contributed by atoms with E-state index in [1.54, 1.807) is 7.11 Å². The highest BCUT2D eigenvalue weighted by Gasteiger charge is 2.12. The average molecular weight is 229 g/mol. The van der Waals surface area contributed by atoms with Gasteiger partial charge in [-0.15, -0.1) is 0 Å². The molecule has 0 saturated heterocycles. The molecule has 1 aromatic rings. The van der Waals surface area contributed by atoms with Gasteiger partial charge in [0.1, 0.15) is 5.75 Å². The minimum atomic E-state index is 0.486. The summed E-state index contributed by atoms with van der Waals surface area (Å²) in [6.07, 6.45) is 4.75. The SMILES string of the molecule is CC.COc1ccc2c(c1)C(CC#N)=CCC2. The molecule has 2 heteroatoms. The Kier molecular flexibility index (Phi) is 5.29. The van der Waals surface area contributed by atoms with E-state index in [1.165, 1.54) is 11.1 Å². The molecular formula is C15H19NO. The summed E-state index contributed by atoms with van der Waals surface area (Å²) in [7, 11) is 1.66. The van der Waals surface area contributed by atoms with Crippen LogP contribution >= 0.6 is 0 Å². The molecule has 0 spiro atoms. The fourth-order valence-electron chi connectivity index (χ4n) is 1.96. The Morgan fingerprint density at radius 1 is 1.35 bits per heavy atom. The third-order valence-electron chi connectivity index (χ3n) is 2.74. The van der Waals surface area contributed by atoms with E-state index in [9.17, 15) is 0 Å². The number of ether oxygens (including phenoxy) is 1. The predicted molar refractivity (Wildman–Crippen MR) is 70.9 cm³/mol. The number of methoxy groups -OCH3 is 1. The Labute approximate surface area is 104 Å². The molecule has 1 aromatic carbocycles. The van der Waals surface area contributed by atoms with E-state index < -0.39 is 0 Å². The summed E-state index contributed by atoms with van der Waals surface area (Å²) in [5.74, 6) is 0.861. The van der Waals surface area contributed by atoms with Crippen LogP contribution in [0.5, 0.6) is 5.75 Å². The lowest BCUT2D eigenvalue weighted by molar-refractivity contribution is 0.414. The summed E-state index contributed by atoms with van der Waals surface area (Å²) < 4.78 is 5.20. The molecule has 0 aliphatic heterocycles. The van der Waals surface area contributed by atoms with E-state index in [1.807, 2.05) is 26.0 Å². The van der Waals surface area contributed by atoms with Crippen LogP contribution < -0.4 is 4.74 Å². The molecule has 0 fully saturated rings. The maximum atomic E-state index is 8.75. The van der Waals surface area contributed by atoms with Gasteiger partial charge in [-0.3, -0.25) is 0 Å². The van der Waals surface area contributed by atoms with Crippen molar-refractivity contribution >= 4 is 5.57 Å². The summed E-state index contributed by atoms with van der Waals surface area (Å²) in [5, 5.41) is 8.75. The highest BCUT2D eigenvalue weighted by atomic mass is 16.5.